The van der Waals surface area contributed by atoms with Gasteiger partial charge in [-0.05, 0) is 54.9 Å². The number of halogens is 3. The highest BCUT2D eigenvalue weighted by Gasteiger charge is 2.30. The minimum atomic E-state index is -4.35. The first-order chi connectivity index (χ1) is 13.3. The van der Waals surface area contributed by atoms with Gasteiger partial charge in [-0.25, -0.2) is 0 Å². The third-order valence-electron chi connectivity index (χ3n) is 4.55. The number of anilines is 1. The third kappa shape index (κ3) is 5.58. The second kappa shape index (κ2) is 8.77. The summed E-state index contributed by atoms with van der Waals surface area (Å²) in [4.78, 5) is 13.2. The van der Waals surface area contributed by atoms with Crippen molar-refractivity contribution in [2.75, 3.05) is 11.4 Å². The Balaban J connectivity index is 1.63. The highest BCUT2D eigenvalue weighted by Crippen LogP contribution is 2.38. The molecule has 0 saturated carbocycles. The van der Waals surface area contributed by atoms with Crippen LogP contribution in [0.15, 0.2) is 53.4 Å². The molecule has 1 fully saturated rings. The zero-order chi connectivity index (χ0) is 20.1. The summed E-state index contributed by atoms with van der Waals surface area (Å²) in [5.41, 5.74) is -2.96. The Bertz CT molecular complexity index is 811. The molecule has 0 bridgehead atoms. The number of hydrogen-bond acceptors (Lipinski definition) is 4. The molecular weight excluding hydrogens is 391 g/mol. The molecule has 0 radical (unpaired) electrons. The van der Waals surface area contributed by atoms with Crippen molar-refractivity contribution in [2.24, 2.45) is 0 Å². The molecule has 1 aliphatic heterocycles. The number of nitrogens with zero attached hydrogens (tertiary/aromatic N) is 1. The van der Waals surface area contributed by atoms with Crippen molar-refractivity contribution in [3.05, 3.63) is 54.1 Å². The molecule has 1 aliphatic rings. The van der Waals surface area contributed by atoms with Crippen molar-refractivity contribution < 1.29 is 27.8 Å². The van der Waals surface area contributed by atoms with Crippen molar-refractivity contribution in [1.82, 2.24) is 0 Å². The van der Waals surface area contributed by atoms with Gasteiger partial charge in [0.05, 0.1) is 6.42 Å². The largest absolute Gasteiger partial charge is 0.489 e. The Morgan fingerprint density at radius 2 is 1.89 bits per heavy atom. The quantitative estimate of drug-likeness (QED) is 0.625. The van der Waals surface area contributed by atoms with Crippen LogP contribution in [-0.4, -0.2) is 29.2 Å². The summed E-state index contributed by atoms with van der Waals surface area (Å²) in [7, 11) is 0. The Hall–Kier alpha value is -2.35. The van der Waals surface area contributed by atoms with Gasteiger partial charge in [-0.15, -0.1) is 0 Å². The molecule has 150 valence electrons. The average Bonchev–Trinajstić information content (AvgIpc) is 3.07. The van der Waals surface area contributed by atoms with Crippen molar-refractivity contribution in [3.8, 4) is 5.75 Å². The van der Waals surface area contributed by atoms with E-state index in [0.717, 1.165) is 25.1 Å². The predicted molar refractivity (Wildman–Crippen MR) is 102 cm³/mol. The van der Waals surface area contributed by atoms with E-state index in [-0.39, 0.29) is 35.7 Å². The van der Waals surface area contributed by atoms with Gasteiger partial charge in [0.1, 0.15) is 12.4 Å². The van der Waals surface area contributed by atoms with Gasteiger partial charge >= 0.3 is 11.5 Å². The molecule has 0 amide bonds. The normalized spacial score (nSPS) is 17.0. The van der Waals surface area contributed by atoms with E-state index in [2.05, 4.69) is 4.90 Å². The maximum absolute atomic E-state index is 12.7. The molecule has 1 heterocycles. The maximum Gasteiger partial charge on any atom is 0.446 e. The molecule has 0 spiro atoms. The number of alkyl halides is 3. The van der Waals surface area contributed by atoms with Crippen LogP contribution in [0.5, 0.6) is 5.75 Å². The number of carbonyl (C=O) groups is 1. The first-order valence-electron chi connectivity index (χ1n) is 8.87. The van der Waals surface area contributed by atoms with Crippen molar-refractivity contribution in [1.29, 1.82) is 0 Å². The lowest BCUT2D eigenvalue weighted by Crippen LogP contribution is -2.31. The van der Waals surface area contributed by atoms with Crippen LogP contribution in [0.4, 0.5) is 18.9 Å². The zero-order valence-electron chi connectivity index (χ0n) is 15.0. The summed E-state index contributed by atoms with van der Waals surface area (Å²) < 4.78 is 43.7. The Labute approximate surface area is 165 Å². The number of thioether (sulfide) groups is 1. The number of rotatable bonds is 7. The van der Waals surface area contributed by atoms with E-state index in [1.807, 2.05) is 12.1 Å². The zero-order valence-corrected chi connectivity index (χ0v) is 15.8. The molecule has 1 unspecified atom stereocenters. The van der Waals surface area contributed by atoms with Crippen molar-refractivity contribution in [3.63, 3.8) is 0 Å². The smallest absolute Gasteiger partial charge is 0.446 e. The second-order valence-electron chi connectivity index (χ2n) is 6.53. The number of carboxylic acids is 1. The lowest BCUT2D eigenvalue weighted by Gasteiger charge is -2.25. The van der Waals surface area contributed by atoms with Gasteiger partial charge in [-0.3, -0.25) is 4.79 Å². The Morgan fingerprint density at radius 3 is 2.57 bits per heavy atom. The molecule has 4 nitrogen and oxygen atoms in total. The molecule has 8 heteroatoms. The number of hydrogen-bond donors (Lipinski definition) is 1. The monoisotopic (exact) mass is 411 g/mol. The second-order valence-corrected chi connectivity index (χ2v) is 7.63. The first kappa shape index (κ1) is 20.4. The molecule has 1 atom stereocenters. The van der Waals surface area contributed by atoms with E-state index < -0.39 is 11.5 Å². The fourth-order valence-corrected chi connectivity index (χ4v) is 3.99. The Morgan fingerprint density at radius 1 is 1.18 bits per heavy atom. The first-order valence-corrected chi connectivity index (χ1v) is 9.68. The minimum Gasteiger partial charge on any atom is -0.489 e. The lowest BCUT2D eigenvalue weighted by molar-refractivity contribution is -0.137. The topological polar surface area (TPSA) is 49.8 Å². The van der Waals surface area contributed by atoms with Crippen LogP contribution in [0.2, 0.25) is 0 Å². The van der Waals surface area contributed by atoms with Crippen LogP contribution in [0.1, 0.15) is 24.8 Å². The molecule has 1 saturated heterocycles. The van der Waals surface area contributed by atoms with E-state index >= 15 is 0 Å². The van der Waals surface area contributed by atoms with E-state index in [9.17, 15) is 18.0 Å². The van der Waals surface area contributed by atoms with Gasteiger partial charge in [0.15, 0.2) is 0 Å². The van der Waals surface area contributed by atoms with E-state index in [1.165, 1.54) is 6.07 Å². The summed E-state index contributed by atoms with van der Waals surface area (Å²) in [5.74, 6) is -0.267. The number of benzene rings is 2. The van der Waals surface area contributed by atoms with Crippen LogP contribution >= 0.6 is 11.8 Å². The van der Waals surface area contributed by atoms with Gasteiger partial charge in [-0.2, -0.15) is 13.2 Å². The van der Waals surface area contributed by atoms with E-state index in [4.69, 9.17) is 9.84 Å². The van der Waals surface area contributed by atoms with Gasteiger partial charge in [0.2, 0.25) is 0 Å². The summed E-state index contributed by atoms with van der Waals surface area (Å²) >= 11 is -0.148. The molecule has 2 aromatic carbocycles. The minimum absolute atomic E-state index is 0.0180. The van der Waals surface area contributed by atoms with E-state index in [1.54, 1.807) is 30.3 Å². The van der Waals surface area contributed by atoms with Crippen LogP contribution in [0, 0.1) is 0 Å². The van der Waals surface area contributed by atoms with Crippen molar-refractivity contribution >= 4 is 23.4 Å². The Kier molecular flexibility index (Phi) is 6.39. The molecule has 28 heavy (non-hydrogen) atoms. The molecule has 0 aliphatic carbocycles. The number of aliphatic carboxylic acids is 1. The van der Waals surface area contributed by atoms with Crippen molar-refractivity contribution in [2.45, 2.75) is 42.3 Å². The molecule has 3 rings (SSSR count). The highest BCUT2D eigenvalue weighted by molar-refractivity contribution is 8.00. The van der Waals surface area contributed by atoms with Gasteiger partial charge in [-0.1, -0.05) is 18.2 Å². The van der Waals surface area contributed by atoms with Crippen LogP contribution < -0.4 is 9.64 Å². The molecule has 1 N–H and O–H groups in total. The summed E-state index contributed by atoms with van der Waals surface area (Å²) in [6.45, 7) is 0.837. The van der Waals surface area contributed by atoms with Gasteiger partial charge < -0.3 is 14.7 Å². The lowest BCUT2D eigenvalue weighted by atomic mass is 10.1. The highest BCUT2D eigenvalue weighted by atomic mass is 32.2. The third-order valence-corrected chi connectivity index (χ3v) is 5.40. The maximum atomic E-state index is 12.7. The van der Waals surface area contributed by atoms with Gasteiger partial charge in [0.25, 0.3) is 0 Å². The van der Waals surface area contributed by atoms with E-state index in [0.29, 0.717) is 11.3 Å². The van der Waals surface area contributed by atoms with Gasteiger partial charge in [0, 0.05) is 28.7 Å². The number of carboxylic acid groups (broad SMARTS) is 1. The average molecular weight is 411 g/mol. The van der Waals surface area contributed by atoms with Crippen LogP contribution in [-0.2, 0) is 11.4 Å². The summed E-state index contributed by atoms with van der Waals surface area (Å²) in [6.07, 6.45) is 1.90. The SMILES string of the molecule is O=C(O)CC1CCCN1c1ccc(OCc2ccccc2SC(F)(F)F)cc1. The standard InChI is InChI=1S/C20H20F3NO3S/c21-20(22,23)28-18-6-2-1-4-14(18)13-27-17-9-7-15(8-10-17)24-11-3-5-16(24)12-19(25)26/h1-2,4,6-10,16H,3,5,11-13H2,(H,25,26). The molecular formula is C20H20F3NO3S. The molecule has 0 aromatic heterocycles. The summed E-state index contributed by atoms with van der Waals surface area (Å²) in [6, 6.07) is 13.5. The fourth-order valence-electron chi connectivity index (χ4n) is 3.33. The number of ether oxygens (including phenoxy) is 1. The van der Waals surface area contributed by atoms with Crippen LogP contribution in [0.25, 0.3) is 0 Å². The fraction of sp³-hybridized carbons (Fsp3) is 0.350. The summed E-state index contributed by atoms with van der Waals surface area (Å²) in [5, 5.41) is 9.04. The van der Waals surface area contributed by atoms with Crippen LogP contribution in [0.3, 0.4) is 0 Å². The molecule has 2 aromatic rings. The predicted octanol–water partition coefficient (Wildman–Crippen LogP) is 5.32.